The third-order valence-corrected chi connectivity index (χ3v) is 3.32. The molecule has 16 heavy (non-hydrogen) atoms. The van der Waals surface area contributed by atoms with Crippen molar-refractivity contribution in [3.8, 4) is 0 Å². The number of nitrogens with zero attached hydrogens (tertiary/aromatic N) is 2. The average molecular weight is 243 g/mol. The normalized spacial score (nSPS) is 18.9. The van der Waals surface area contributed by atoms with E-state index in [4.69, 9.17) is 16.7 Å². The highest BCUT2D eigenvalue weighted by Gasteiger charge is 2.22. The predicted molar refractivity (Wildman–Crippen MR) is 62.2 cm³/mol. The van der Waals surface area contributed by atoms with Crippen LogP contribution in [0.3, 0.4) is 0 Å². The van der Waals surface area contributed by atoms with E-state index in [0.29, 0.717) is 10.7 Å². The molecule has 2 rings (SSSR count). The lowest BCUT2D eigenvalue weighted by molar-refractivity contribution is 0.0679. The minimum absolute atomic E-state index is 0.259. The van der Waals surface area contributed by atoms with E-state index in [1.54, 1.807) is 10.8 Å². The van der Waals surface area contributed by atoms with Crippen molar-refractivity contribution in [2.75, 3.05) is 20.1 Å². The van der Waals surface area contributed by atoms with Crippen molar-refractivity contribution in [1.29, 1.82) is 0 Å². The maximum absolute atomic E-state index is 11.1. The molecule has 1 aliphatic heterocycles. The summed E-state index contributed by atoms with van der Waals surface area (Å²) in [5.74, 6) is -0.911. The molecule has 0 unspecified atom stereocenters. The molecule has 1 saturated heterocycles. The zero-order chi connectivity index (χ0) is 11.7. The van der Waals surface area contributed by atoms with Gasteiger partial charge in [-0.3, -0.25) is 0 Å². The van der Waals surface area contributed by atoms with Gasteiger partial charge in [0.25, 0.3) is 0 Å². The van der Waals surface area contributed by atoms with Crippen LogP contribution in [0.25, 0.3) is 0 Å². The number of carboxylic acid groups (broad SMARTS) is 1. The van der Waals surface area contributed by atoms with Gasteiger partial charge in [-0.05, 0) is 39.0 Å². The van der Waals surface area contributed by atoms with Crippen molar-refractivity contribution in [1.82, 2.24) is 9.47 Å². The number of carbonyl (C=O) groups is 1. The van der Waals surface area contributed by atoms with Crippen molar-refractivity contribution in [2.45, 2.75) is 18.9 Å². The highest BCUT2D eigenvalue weighted by molar-refractivity contribution is 6.30. The summed E-state index contributed by atoms with van der Waals surface area (Å²) in [5.41, 5.74) is 0.291. The summed E-state index contributed by atoms with van der Waals surface area (Å²) in [7, 11) is 2.08. The van der Waals surface area contributed by atoms with Crippen LogP contribution in [0.15, 0.2) is 12.3 Å². The molecule has 4 nitrogen and oxygen atoms in total. The Morgan fingerprint density at radius 2 is 2.12 bits per heavy atom. The fraction of sp³-hybridized carbons (Fsp3) is 0.545. The topological polar surface area (TPSA) is 45.5 Å². The smallest absolute Gasteiger partial charge is 0.352 e. The molecular weight excluding hydrogens is 228 g/mol. The maximum atomic E-state index is 11.1. The first-order valence-corrected chi connectivity index (χ1v) is 5.75. The summed E-state index contributed by atoms with van der Waals surface area (Å²) in [6.45, 7) is 2.00. The molecule has 1 aromatic rings. The van der Waals surface area contributed by atoms with Gasteiger partial charge in [0.1, 0.15) is 5.69 Å². The van der Waals surface area contributed by atoms with Crippen LogP contribution in [0.5, 0.6) is 0 Å². The molecule has 0 spiro atoms. The third kappa shape index (κ3) is 2.23. The first kappa shape index (κ1) is 11.5. The summed E-state index contributed by atoms with van der Waals surface area (Å²) in [4.78, 5) is 13.3. The quantitative estimate of drug-likeness (QED) is 0.864. The molecule has 0 atom stereocenters. The van der Waals surface area contributed by atoms with E-state index in [1.807, 2.05) is 0 Å². The zero-order valence-corrected chi connectivity index (χ0v) is 9.94. The number of rotatable bonds is 2. The molecule has 0 radical (unpaired) electrons. The first-order chi connectivity index (χ1) is 7.58. The monoisotopic (exact) mass is 242 g/mol. The Morgan fingerprint density at radius 1 is 1.50 bits per heavy atom. The molecule has 5 heteroatoms. The Balaban J connectivity index is 2.22. The molecule has 1 aliphatic rings. The number of aromatic carboxylic acids is 1. The van der Waals surface area contributed by atoms with Crippen molar-refractivity contribution in [2.24, 2.45) is 0 Å². The number of piperidine rings is 1. The van der Waals surface area contributed by atoms with E-state index in [-0.39, 0.29) is 6.04 Å². The van der Waals surface area contributed by atoms with Crippen LogP contribution < -0.4 is 0 Å². The minimum atomic E-state index is -0.911. The fourth-order valence-electron chi connectivity index (χ4n) is 2.19. The van der Waals surface area contributed by atoms with Gasteiger partial charge in [0.15, 0.2) is 0 Å². The van der Waals surface area contributed by atoms with Crippen LogP contribution >= 0.6 is 11.6 Å². The van der Waals surface area contributed by atoms with Gasteiger partial charge < -0.3 is 14.6 Å². The molecule has 1 fully saturated rings. The van der Waals surface area contributed by atoms with Crippen LogP contribution in [0.4, 0.5) is 0 Å². The van der Waals surface area contributed by atoms with Gasteiger partial charge in [0, 0.05) is 12.2 Å². The van der Waals surface area contributed by atoms with Gasteiger partial charge in [-0.1, -0.05) is 11.6 Å². The molecule has 2 heterocycles. The first-order valence-electron chi connectivity index (χ1n) is 5.37. The molecule has 0 amide bonds. The predicted octanol–water partition coefficient (Wildman–Crippen LogP) is 2.11. The van der Waals surface area contributed by atoms with Gasteiger partial charge in [-0.15, -0.1) is 0 Å². The molecule has 0 bridgehead atoms. The highest BCUT2D eigenvalue weighted by atomic mass is 35.5. The summed E-state index contributed by atoms with van der Waals surface area (Å²) < 4.78 is 1.80. The Hall–Kier alpha value is -1.00. The van der Waals surface area contributed by atoms with Crippen LogP contribution in [0, 0.1) is 0 Å². The lowest BCUT2D eigenvalue weighted by atomic mass is 10.1. The van der Waals surface area contributed by atoms with Gasteiger partial charge in [0.2, 0.25) is 0 Å². The third-order valence-electron chi connectivity index (χ3n) is 3.12. The second kappa shape index (κ2) is 4.47. The van der Waals surface area contributed by atoms with Crippen LogP contribution in [-0.2, 0) is 0 Å². The average Bonchev–Trinajstić information content (AvgIpc) is 2.61. The summed E-state index contributed by atoms with van der Waals surface area (Å²) in [5, 5.41) is 9.57. The van der Waals surface area contributed by atoms with Crippen molar-refractivity contribution < 1.29 is 9.90 Å². The van der Waals surface area contributed by atoms with E-state index >= 15 is 0 Å². The standard InChI is InChI=1S/C11H15ClN2O2/c1-13-4-2-9(3-5-13)14-7-8(12)6-10(14)11(15)16/h6-7,9H,2-5H2,1H3,(H,15,16). The summed E-state index contributed by atoms with van der Waals surface area (Å²) in [6.07, 6.45) is 3.67. The fourth-order valence-corrected chi connectivity index (χ4v) is 2.40. The second-order valence-electron chi connectivity index (χ2n) is 4.29. The van der Waals surface area contributed by atoms with Gasteiger partial charge in [-0.2, -0.15) is 0 Å². The number of hydrogen-bond acceptors (Lipinski definition) is 2. The Morgan fingerprint density at radius 3 is 2.69 bits per heavy atom. The number of hydrogen-bond donors (Lipinski definition) is 1. The number of carboxylic acids is 1. The lowest BCUT2D eigenvalue weighted by Gasteiger charge is -2.30. The molecule has 0 aromatic carbocycles. The van der Waals surface area contributed by atoms with Crippen molar-refractivity contribution >= 4 is 17.6 Å². The Labute approximate surface area is 99.4 Å². The Kier molecular flexibility index (Phi) is 3.21. The van der Waals surface area contributed by atoms with Gasteiger partial charge in [0.05, 0.1) is 5.02 Å². The van der Waals surface area contributed by atoms with E-state index in [1.165, 1.54) is 6.07 Å². The van der Waals surface area contributed by atoms with Crippen LogP contribution in [0.1, 0.15) is 29.4 Å². The lowest BCUT2D eigenvalue weighted by Crippen LogP contribution is -2.32. The van der Waals surface area contributed by atoms with E-state index in [0.717, 1.165) is 25.9 Å². The number of aromatic nitrogens is 1. The molecule has 0 aliphatic carbocycles. The second-order valence-corrected chi connectivity index (χ2v) is 4.73. The highest BCUT2D eigenvalue weighted by Crippen LogP contribution is 2.26. The van der Waals surface area contributed by atoms with E-state index in [9.17, 15) is 4.79 Å². The Bertz CT molecular complexity index is 395. The largest absolute Gasteiger partial charge is 0.477 e. The minimum Gasteiger partial charge on any atom is -0.477 e. The maximum Gasteiger partial charge on any atom is 0.352 e. The van der Waals surface area contributed by atoms with Gasteiger partial charge >= 0.3 is 5.97 Å². The van der Waals surface area contributed by atoms with Crippen LogP contribution in [-0.4, -0.2) is 40.7 Å². The zero-order valence-electron chi connectivity index (χ0n) is 9.19. The van der Waals surface area contributed by atoms with Crippen LogP contribution in [0.2, 0.25) is 5.02 Å². The summed E-state index contributed by atoms with van der Waals surface area (Å²) >= 11 is 5.86. The number of halogens is 1. The van der Waals surface area contributed by atoms with Gasteiger partial charge in [-0.25, -0.2) is 4.79 Å². The SMILES string of the molecule is CN1CCC(n2cc(Cl)cc2C(=O)O)CC1. The summed E-state index contributed by atoms with van der Waals surface area (Å²) in [6, 6.07) is 1.78. The van der Waals surface area contributed by atoms with Crippen molar-refractivity contribution in [3.05, 3.63) is 23.0 Å². The van der Waals surface area contributed by atoms with Crippen molar-refractivity contribution in [3.63, 3.8) is 0 Å². The van der Waals surface area contributed by atoms with E-state index < -0.39 is 5.97 Å². The molecule has 0 saturated carbocycles. The molecular formula is C11H15ClN2O2. The van der Waals surface area contributed by atoms with E-state index in [2.05, 4.69) is 11.9 Å². The molecule has 1 N–H and O–H groups in total. The molecule has 88 valence electrons. The molecule has 1 aromatic heterocycles. The number of likely N-dealkylation sites (tertiary alicyclic amines) is 1.